The van der Waals surface area contributed by atoms with Gasteiger partial charge >= 0.3 is 0 Å². The van der Waals surface area contributed by atoms with Crippen molar-refractivity contribution in [2.75, 3.05) is 32.1 Å². The first kappa shape index (κ1) is 17.8. The summed E-state index contributed by atoms with van der Waals surface area (Å²) < 4.78 is 29.9. The molecule has 18 heavy (non-hydrogen) atoms. The maximum atomic E-state index is 10.6. The van der Waals surface area contributed by atoms with Gasteiger partial charge in [0.15, 0.2) is 0 Å². The lowest BCUT2D eigenvalue weighted by atomic mass is 10.0. The standard InChI is InChI=1S/C11H25NO5S/c1-10(2)8-11(9-14)12(5-6-13)4-3-7-18(15,16)17/h10-11,13-14H,3-9H2,1-2H3,(H,15,16,17). The van der Waals surface area contributed by atoms with Gasteiger partial charge in [0.25, 0.3) is 10.1 Å². The largest absolute Gasteiger partial charge is 0.395 e. The van der Waals surface area contributed by atoms with Crippen LogP contribution in [-0.4, -0.2) is 66.2 Å². The first-order valence-corrected chi connectivity index (χ1v) is 7.82. The quantitative estimate of drug-likeness (QED) is 0.487. The van der Waals surface area contributed by atoms with Gasteiger partial charge in [0.1, 0.15) is 0 Å². The predicted octanol–water partition coefficient (Wildman–Crippen LogP) is -0.0344. The van der Waals surface area contributed by atoms with E-state index < -0.39 is 10.1 Å². The van der Waals surface area contributed by atoms with Crippen molar-refractivity contribution in [1.29, 1.82) is 0 Å². The number of hydrogen-bond acceptors (Lipinski definition) is 5. The Balaban J connectivity index is 4.33. The first-order chi connectivity index (χ1) is 8.30. The predicted molar refractivity (Wildman–Crippen MR) is 70.0 cm³/mol. The fourth-order valence-electron chi connectivity index (χ4n) is 1.94. The minimum Gasteiger partial charge on any atom is -0.395 e. The Morgan fingerprint density at radius 2 is 1.78 bits per heavy atom. The normalized spacial score (nSPS) is 14.4. The highest BCUT2D eigenvalue weighted by molar-refractivity contribution is 7.85. The van der Waals surface area contributed by atoms with E-state index in [4.69, 9.17) is 9.66 Å². The zero-order chi connectivity index (χ0) is 14.2. The Kier molecular flexibility index (Phi) is 8.71. The van der Waals surface area contributed by atoms with E-state index in [2.05, 4.69) is 0 Å². The van der Waals surface area contributed by atoms with E-state index in [0.717, 1.165) is 6.42 Å². The van der Waals surface area contributed by atoms with Gasteiger partial charge in [-0.05, 0) is 25.3 Å². The van der Waals surface area contributed by atoms with Crippen LogP contribution in [0.5, 0.6) is 0 Å². The van der Waals surface area contributed by atoms with E-state index in [0.29, 0.717) is 19.0 Å². The summed E-state index contributed by atoms with van der Waals surface area (Å²) >= 11 is 0. The number of nitrogens with zero attached hydrogens (tertiary/aromatic N) is 1. The van der Waals surface area contributed by atoms with Crippen LogP contribution in [0.15, 0.2) is 0 Å². The molecule has 0 aromatic carbocycles. The molecular weight excluding hydrogens is 258 g/mol. The minimum absolute atomic E-state index is 0.0238. The molecule has 0 saturated carbocycles. The molecule has 0 spiro atoms. The smallest absolute Gasteiger partial charge is 0.264 e. The summed E-state index contributed by atoms with van der Waals surface area (Å²) in [7, 11) is -3.94. The molecule has 0 bridgehead atoms. The molecule has 110 valence electrons. The monoisotopic (exact) mass is 283 g/mol. The van der Waals surface area contributed by atoms with Crippen LogP contribution in [0.3, 0.4) is 0 Å². The third-order valence-electron chi connectivity index (χ3n) is 2.71. The second-order valence-corrected chi connectivity index (χ2v) is 6.44. The molecular formula is C11H25NO5S. The molecule has 0 amide bonds. The lowest BCUT2D eigenvalue weighted by Gasteiger charge is -2.31. The Hall–Kier alpha value is -0.210. The van der Waals surface area contributed by atoms with E-state index in [1.54, 1.807) is 0 Å². The second-order valence-electron chi connectivity index (χ2n) is 4.87. The molecule has 7 heteroatoms. The van der Waals surface area contributed by atoms with Crippen molar-refractivity contribution < 1.29 is 23.2 Å². The van der Waals surface area contributed by atoms with E-state index in [9.17, 15) is 13.5 Å². The Bertz CT molecular complexity index is 305. The minimum atomic E-state index is -3.94. The van der Waals surface area contributed by atoms with Crippen molar-refractivity contribution in [3.8, 4) is 0 Å². The first-order valence-electron chi connectivity index (χ1n) is 6.21. The van der Waals surface area contributed by atoms with Crippen LogP contribution in [-0.2, 0) is 10.1 Å². The fraction of sp³-hybridized carbons (Fsp3) is 1.00. The highest BCUT2D eigenvalue weighted by atomic mass is 32.2. The Morgan fingerprint density at radius 1 is 1.17 bits per heavy atom. The van der Waals surface area contributed by atoms with Crippen molar-refractivity contribution in [2.45, 2.75) is 32.7 Å². The number of aliphatic hydroxyl groups is 2. The summed E-state index contributed by atoms with van der Waals surface area (Å²) in [5.41, 5.74) is 0. The average molecular weight is 283 g/mol. The number of hydrogen-bond donors (Lipinski definition) is 3. The molecule has 0 heterocycles. The maximum absolute atomic E-state index is 10.6. The fourth-order valence-corrected chi connectivity index (χ4v) is 2.43. The average Bonchev–Trinajstić information content (AvgIpc) is 2.23. The third kappa shape index (κ3) is 8.82. The molecule has 0 fully saturated rings. The van der Waals surface area contributed by atoms with Crippen molar-refractivity contribution in [2.24, 2.45) is 5.92 Å². The Labute approximate surface area is 109 Å². The number of aliphatic hydroxyl groups excluding tert-OH is 2. The topological polar surface area (TPSA) is 98.1 Å². The van der Waals surface area contributed by atoms with E-state index in [1.165, 1.54) is 0 Å². The molecule has 0 saturated heterocycles. The highest BCUT2D eigenvalue weighted by Gasteiger charge is 2.19. The summed E-state index contributed by atoms with van der Waals surface area (Å²) in [4.78, 5) is 1.87. The molecule has 0 radical (unpaired) electrons. The van der Waals surface area contributed by atoms with Crippen molar-refractivity contribution in [3.05, 3.63) is 0 Å². The van der Waals surface area contributed by atoms with Crippen LogP contribution in [0.4, 0.5) is 0 Å². The molecule has 0 rings (SSSR count). The molecule has 0 aliphatic carbocycles. The molecule has 0 aliphatic rings. The van der Waals surface area contributed by atoms with Crippen LogP contribution in [0.1, 0.15) is 26.7 Å². The van der Waals surface area contributed by atoms with Gasteiger partial charge < -0.3 is 10.2 Å². The summed E-state index contributed by atoms with van der Waals surface area (Å²) in [5.74, 6) is 0.110. The van der Waals surface area contributed by atoms with Gasteiger partial charge in [-0.15, -0.1) is 0 Å². The zero-order valence-corrected chi connectivity index (χ0v) is 11.9. The lowest BCUT2D eigenvalue weighted by molar-refractivity contribution is 0.0886. The van der Waals surface area contributed by atoms with Gasteiger partial charge in [0.2, 0.25) is 0 Å². The summed E-state index contributed by atoms with van der Waals surface area (Å²) in [6.07, 6.45) is 1.07. The molecule has 0 aromatic rings. The molecule has 1 atom stereocenters. The third-order valence-corrected chi connectivity index (χ3v) is 3.51. The maximum Gasteiger partial charge on any atom is 0.264 e. The van der Waals surface area contributed by atoms with Gasteiger partial charge in [-0.1, -0.05) is 13.8 Å². The van der Waals surface area contributed by atoms with Crippen LogP contribution >= 0.6 is 0 Å². The number of rotatable bonds is 10. The van der Waals surface area contributed by atoms with Gasteiger partial charge in [0, 0.05) is 12.6 Å². The molecule has 6 nitrogen and oxygen atoms in total. The molecule has 3 N–H and O–H groups in total. The highest BCUT2D eigenvalue weighted by Crippen LogP contribution is 2.11. The summed E-state index contributed by atoms with van der Waals surface area (Å²) in [6.45, 7) is 4.84. The summed E-state index contributed by atoms with van der Waals surface area (Å²) in [5, 5.41) is 18.3. The van der Waals surface area contributed by atoms with Gasteiger partial charge in [0.05, 0.1) is 19.0 Å². The van der Waals surface area contributed by atoms with E-state index in [-0.39, 0.29) is 31.4 Å². The van der Waals surface area contributed by atoms with E-state index in [1.807, 2.05) is 18.7 Å². The Morgan fingerprint density at radius 3 is 2.17 bits per heavy atom. The van der Waals surface area contributed by atoms with Crippen LogP contribution in [0, 0.1) is 5.92 Å². The van der Waals surface area contributed by atoms with E-state index >= 15 is 0 Å². The van der Waals surface area contributed by atoms with Gasteiger partial charge in [-0.25, -0.2) is 0 Å². The SMILES string of the molecule is CC(C)CC(CO)N(CCO)CCCS(=O)(=O)O. The van der Waals surface area contributed by atoms with Gasteiger partial charge in [-0.2, -0.15) is 8.42 Å². The summed E-state index contributed by atoms with van der Waals surface area (Å²) in [6, 6.07) is -0.0847. The molecule has 1 unspecified atom stereocenters. The van der Waals surface area contributed by atoms with Gasteiger partial charge in [-0.3, -0.25) is 9.45 Å². The van der Waals surface area contributed by atoms with Crippen molar-refractivity contribution in [3.63, 3.8) is 0 Å². The molecule has 0 aliphatic heterocycles. The van der Waals surface area contributed by atoms with Crippen molar-refractivity contribution in [1.82, 2.24) is 4.90 Å². The van der Waals surface area contributed by atoms with Crippen LogP contribution < -0.4 is 0 Å². The molecule has 0 aromatic heterocycles. The lowest BCUT2D eigenvalue weighted by Crippen LogP contribution is -2.41. The van der Waals surface area contributed by atoms with Crippen LogP contribution in [0.25, 0.3) is 0 Å². The van der Waals surface area contributed by atoms with Crippen LogP contribution in [0.2, 0.25) is 0 Å². The second kappa shape index (κ2) is 8.82. The van der Waals surface area contributed by atoms with Crippen molar-refractivity contribution >= 4 is 10.1 Å². The zero-order valence-electron chi connectivity index (χ0n) is 11.1.